The van der Waals surface area contributed by atoms with Crippen molar-refractivity contribution in [2.24, 2.45) is 0 Å². The normalized spacial score (nSPS) is 16.8. The molecule has 1 amide bonds. The van der Waals surface area contributed by atoms with Crippen LogP contribution in [0.1, 0.15) is 32.3 Å². The second-order valence-corrected chi connectivity index (χ2v) is 7.07. The summed E-state index contributed by atoms with van der Waals surface area (Å²) in [5, 5.41) is 10.9. The molecule has 0 aliphatic carbocycles. The standard InChI is InChI=1S/C20H27F2N3O5/c1-3-4-10-30-20(26)24-8-7-23(14-15(24)2)9-11-29-18-6-5-17(25(27)28)12-16(18)13-19(21)22/h5-6,12-13,15H,3-4,7-11,14H2,1-2H3/t15-/m0/s1. The monoisotopic (exact) mass is 427 g/mol. The van der Waals surface area contributed by atoms with E-state index in [2.05, 4.69) is 4.90 Å². The molecule has 30 heavy (non-hydrogen) atoms. The Hall–Kier alpha value is -2.75. The third-order valence-corrected chi connectivity index (χ3v) is 4.80. The first-order chi connectivity index (χ1) is 14.3. The highest BCUT2D eigenvalue weighted by molar-refractivity contribution is 5.68. The summed E-state index contributed by atoms with van der Waals surface area (Å²) in [5.41, 5.74) is -0.331. The molecule has 0 spiro atoms. The van der Waals surface area contributed by atoms with Gasteiger partial charge in [-0.25, -0.2) is 4.79 Å². The number of unbranched alkanes of at least 4 members (excludes halogenated alkanes) is 1. The van der Waals surface area contributed by atoms with Crippen molar-refractivity contribution in [2.45, 2.75) is 32.7 Å². The van der Waals surface area contributed by atoms with Gasteiger partial charge in [0.15, 0.2) is 0 Å². The van der Waals surface area contributed by atoms with E-state index in [9.17, 15) is 23.7 Å². The molecule has 166 valence electrons. The fourth-order valence-corrected chi connectivity index (χ4v) is 3.19. The molecule has 1 atom stereocenters. The van der Waals surface area contributed by atoms with Crippen LogP contribution >= 0.6 is 0 Å². The van der Waals surface area contributed by atoms with E-state index >= 15 is 0 Å². The Morgan fingerprint density at radius 3 is 2.73 bits per heavy atom. The van der Waals surface area contributed by atoms with Crippen molar-refractivity contribution < 1.29 is 28.0 Å². The minimum absolute atomic E-state index is 0.0219. The zero-order chi connectivity index (χ0) is 22.1. The van der Waals surface area contributed by atoms with E-state index in [-0.39, 0.29) is 35.7 Å². The van der Waals surface area contributed by atoms with E-state index in [1.54, 1.807) is 4.90 Å². The SMILES string of the molecule is CCCCOC(=O)N1CCN(CCOc2ccc([N+](=O)[O-])cc2C=C(F)F)C[C@@H]1C. The molecule has 10 heteroatoms. The van der Waals surface area contributed by atoms with Gasteiger partial charge in [0.1, 0.15) is 12.4 Å². The molecule has 1 fully saturated rings. The number of nitro groups is 1. The zero-order valence-corrected chi connectivity index (χ0v) is 17.2. The van der Waals surface area contributed by atoms with Crippen LogP contribution in [0.25, 0.3) is 6.08 Å². The molecule has 1 aromatic carbocycles. The first-order valence-corrected chi connectivity index (χ1v) is 9.91. The number of benzene rings is 1. The third kappa shape index (κ3) is 6.94. The lowest BCUT2D eigenvalue weighted by atomic mass is 10.1. The van der Waals surface area contributed by atoms with Crippen LogP contribution in [0.3, 0.4) is 0 Å². The van der Waals surface area contributed by atoms with Crippen molar-refractivity contribution >= 4 is 17.9 Å². The molecule has 0 aromatic heterocycles. The maximum atomic E-state index is 12.7. The Morgan fingerprint density at radius 1 is 1.33 bits per heavy atom. The summed E-state index contributed by atoms with van der Waals surface area (Å²) in [5.74, 6) is 0.152. The molecule has 1 heterocycles. The molecule has 1 aliphatic rings. The van der Waals surface area contributed by atoms with Crippen molar-refractivity contribution in [1.82, 2.24) is 9.80 Å². The van der Waals surface area contributed by atoms with E-state index in [1.165, 1.54) is 12.1 Å². The van der Waals surface area contributed by atoms with Gasteiger partial charge < -0.3 is 14.4 Å². The Morgan fingerprint density at radius 2 is 2.10 bits per heavy atom. The van der Waals surface area contributed by atoms with E-state index < -0.39 is 11.0 Å². The molecule has 1 saturated heterocycles. The molecule has 0 N–H and O–H groups in total. The summed E-state index contributed by atoms with van der Waals surface area (Å²) in [4.78, 5) is 26.2. The maximum absolute atomic E-state index is 12.7. The predicted molar refractivity (Wildman–Crippen MR) is 108 cm³/mol. The van der Waals surface area contributed by atoms with Gasteiger partial charge in [-0.05, 0) is 19.4 Å². The quantitative estimate of drug-likeness (QED) is 0.334. The van der Waals surface area contributed by atoms with Crippen LogP contribution in [0.5, 0.6) is 5.75 Å². The summed E-state index contributed by atoms with van der Waals surface area (Å²) in [6.07, 6.45) is 0.0797. The van der Waals surface area contributed by atoms with Crippen LogP contribution < -0.4 is 4.74 Å². The van der Waals surface area contributed by atoms with Crippen molar-refractivity contribution in [3.8, 4) is 5.75 Å². The lowest BCUT2D eigenvalue weighted by molar-refractivity contribution is -0.384. The van der Waals surface area contributed by atoms with Crippen LogP contribution in [0, 0.1) is 10.1 Å². The number of carbonyl (C=O) groups is 1. The molecule has 0 unspecified atom stereocenters. The largest absolute Gasteiger partial charge is 0.492 e. The van der Waals surface area contributed by atoms with E-state index in [0.29, 0.717) is 38.9 Å². The highest BCUT2D eigenvalue weighted by atomic mass is 19.3. The summed E-state index contributed by atoms with van der Waals surface area (Å²) < 4.78 is 36.2. The lowest BCUT2D eigenvalue weighted by Crippen LogP contribution is -2.54. The molecular weight excluding hydrogens is 400 g/mol. The number of rotatable bonds is 9. The number of hydrogen-bond acceptors (Lipinski definition) is 6. The number of non-ortho nitro benzene ring substituents is 1. The molecule has 8 nitrogen and oxygen atoms in total. The number of hydrogen-bond donors (Lipinski definition) is 0. The first-order valence-electron chi connectivity index (χ1n) is 9.91. The minimum atomic E-state index is -1.96. The van der Waals surface area contributed by atoms with Crippen LogP contribution in [0.4, 0.5) is 19.3 Å². The van der Waals surface area contributed by atoms with E-state index in [4.69, 9.17) is 9.47 Å². The van der Waals surface area contributed by atoms with Crippen LogP contribution in [-0.2, 0) is 4.74 Å². The zero-order valence-electron chi connectivity index (χ0n) is 17.2. The lowest BCUT2D eigenvalue weighted by Gasteiger charge is -2.39. The number of amides is 1. The Kier molecular flexibility index (Phi) is 8.97. The number of nitro benzene ring substituents is 1. The molecule has 1 aliphatic heterocycles. The van der Waals surface area contributed by atoms with Gasteiger partial charge in [-0.3, -0.25) is 15.0 Å². The van der Waals surface area contributed by atoms with Gasteiger partial charge in [-0.1, -0.05) is 13.3 Å². The van der Waals surface area contributed by atoms with Gasteiger partial charge in [0.25, 0.3) is 11.8 Å². The molecular formula is C20H27F2N3O5. The Labute approximate surface area is 174 Å². The fraction of sp³-hybridized carbons (Fsp3) is 0.550. The Bertz CT molecular complexity index is 771. The van der Waals surface area contributed by atoms with Gasteiger partial charge in [0.2, 0.25) is 0 Å². The highest BCUT2D eigenvalue weighted by Crippen LogP contribution is 2.27. The number of nitrogens with zero attached hydrogens (tertiary/aromatic N) is 3. The molecule has 0 bridgehead atoms. The highest BCUT2D eigenvalue weighted by Gasteiger charge is 2.28. The van der Waals surface area contributed by atoms with Crippen molar-refractivity contribution in [1.29, 1.82) is 0 Å². The summed E-state index contributed by atoms with van der Waals surface area (Å²) >= 11 is 0. The third-order valence-electron chi connectivity index (χ3n) is 4.80. The average molecular weight is 427 g/mol. The second kappa shape index (κ2) is 11.4. The van der Waals surface area contributed by atoms with Crippen LogP contribution in [-0.4, -0.2) is 66.3 Å². The number of ether oxygens (including phenoxy) is 2. The number of carbonyl (C=O) groups excluding carboxylic acids is 1. The van der Waals surface area contributed by atoms with Gasteiger partial charge in [-0.15, -0.1) is 0 Å². The Balaban J connectivity index is 1.87. The second-order valence-electron chi connectivity index (χ2n) is 7.07. The molecule has 2 rings (SSSR count). The average Bonchev–Trinajstić information content (AvgIpc) is 2.68. The first kappa shape index (κ1) is 23.5. The number of halogens is 2. The van der Waals surface area contributed by atoms with Crippen LogP contribution in [0.15, 0.2) is 24.3 Å². The van der Waals surface area contributed by atoms with Gasteiger partial charge >= 0.3 is 6.09 Å². The number of piperazine rings is 1. The molecule has 0 saturated carbocycles. The van der Waals surface area contributed by atoms with Gasteiger partial charge in [0.05, 0.1) is 11.5 Å². The smallest absolute Gasteiger partial charge is 0.410 e. The van der Waals surface area contributed by atoms with E-state index in [1.807, 2.05) is 13.8 Å². The summed E-state index contributed by atoms with van der Waals surface area (Å²) in [6.45, 7) is 6.95. The van der Waals surface area contributed by atoms with Crippen molar-refractivity contribution in [3.05, 3.63) is 40.0 Å². The molecule has 1 aromatic rings. The minimum Gasteiger partial charge on any atom is -0.492 e. The van der Waals surface area contributed by atoms with Crippen molar-refractivity contribution in [3.63, 3.8) is 0 Å². The summed E-state index contributed by atoms with van der Waals surface area (Å²) in [7, 11) is 0. The summed E-state index contributed by atoms with van der Waals surface area (Å²) in [6, 6.07) is 3.57. The fourth-order valence-electron chi connectivity index (χ4n) is 3.19. The van der Waals surface area contributed by atoms with Crippen molar-refractivity contribution in [2.75, 3.05) is 39.4 Å². The molecule has 0 radical (unpaired) electrons. The van der Waals surface area contributed by atoms with Gasteiger partial charge in [0, 0.05) is 56.0 Å². The van der Waals surface area contributed by atoms with Crippen LogP contribution in [0.2, 0.25) is 0 Å². The van der Waals surface area contributed by atoms with E-state index in [0.717, 1.165) is 18.9 Å². The predicted octanol–water partition coefficient (Wildman–Crippen LogP) is 4.15. The maximum Gasteiger partial charge on any atom is 0.410 e. The topological polar surface area (TPSA) is 85.2 Å². The van der Waals surface area contributed by atoms with Gasteiger partial charge in [-0.2, -0.15) is 8.78 Å².